The van der Waals surface area contributed by atoms with Crippen molar-refractivity contribution < 1.29 is 13.9 Å². The maximum atomic E-state index is 13.1. The highest BCUT2D eigenvalue weighted by Crippen LogP contribution is 2.29. The smallest absolute Gasteiger partial charge is 0.254 e. The molecule has 5 aromatic rings. The summed E-state index contributed by atoms with van der Waals surface area (Å²) >= 11 is 0. The average Bonchev–Trinajstić information content (AvgIpc) is 3.58. The second kappa shape index (κ2) is 8.18. The van der Waals surface area contributed by atoms with Gasteiger partial charge in [0.15, 0.2) is 11.4 Å². The van der Waals surface area contributed by atoms with Gasteiger partial charge in [-0.15, -0.1) is 10.2 Å². The van der Waals surface area contributed by atoms with Crippen molar-refractivity contribution in [2.24, 2.45) is 0 Å². The van der Waals surface area contributed by atoms with Crippen LogP contribution in [0, 0.1) is 0 Å². The summed E-state index contributed by atoms with van der Waals surface area (Å²) in [5, 5.41) is 9.81. The van der Waals surface area contributed by atoms with E-state index in [-0.39, 0.29) is 5.91 Å². The molecule has 0 saturated carbocycles. The first-order valence-corrected chi connectivity index (χ1v) is 11.1. The number of nitrogens with zero attached hydrogens (tertiary/aromatic N) is 6. The minimum atomic E-state index is -0.00394. The number of methoxy groups -OCH3 is 1. The van der Waals surface area contributed by atoms with Crippen LogP contribution in [0.5, 0.6) is 5.75 Å². The maximum absolute atomic E-state index is 13.1. The van der Waals surface area contributed by atoms with Crippen LogP contribution < -0.4 is 9.64 Å². The fourth-order valence-corrected chi connectivity index (χ4v) is 4.39. The number of carbonyl (C=O) groups is 1. The largest absolute Gasteiger partial charge is 0.497 e. The first-order chi connectivity index (χ1) is 16.7. The molecule has 0 aliphatic carbocycles. The Kier molecular flexibility index (Phi) is 4.87. The Bertz CT molecular complexity index is 1490. The highest BCUT2D eigenvalue weighted by atomic mass is 16.5. The number of fused-ring (bicyclic) bond motifs is 3. The summed E-state index contributed by atoms with van der Waals surface area (Å²) in [4.78, 5) is 22.1. The molecule has 0 radical (unpaired) electrons. The van der Waals surface area contributed by atoms with E-state index in [1.807, 2.05) is 63.9 Å². The van der Waals surface area contributed by atoms with Gasteiger partial charge in [-0.3, -0.25) is 4.79 Å². The van der Waals surface area contributed by atoms with E-state index in [9.17, 15) is 4.79 Å². The molecule has 0 N–H and O–H groups in total. The summed E-state index contributed by atoms with van der Waals surface area (Å²) in [6, 6.07) is 18.8. The molecule has 1 saturated heterocycles. The van der Waals surface area contributed by atoms with Crippen molar-refractivity contribution in [2.45, 2.75) is 0 Å². The van der Waals surface area contributed by atoms with E-state index >= 15 is 0 Å². The van der Waals surface area contributed by atoms with Gasteiger partial charge < -0.3 is 19.0 Å². The first kappa shape index (κ1) is 20.2. The second-order valence-electron chi connectivity index (χ2n) is 8.10. The molecule has 6 rings (SSSR count). The minimum Gasteiger partial charge on any atom is -0.497 e. The molecular weight excluding hydrogens is 432 g/mol. The number of para-hydroxylation sites is 1. The van der Waals surface area contributed by atoms with E-state index in [1.54, 1.807) is 19.4 Å². The van der Waals surface area contributed by atoms with E-state index < -0.39 is 0 Å². The molecule has 9 nitrogen and oxygen atoms in total. The standard InChI is InChI=1S/C25H22N6O3/c1-33-18-7-4-6-17(16-18)24(32)29-11-13-30(14-12-29)25-26-20-9-3-2-8-19(20)22-27-28-23(31(22)25)21-10-5-15-34-21/h2-10,15-16H,11-14H2,1H3. The van der Waals surface area contributed by atoms with Gasteiger partial charge in [0.05, 0.1) is 18.9 Å². The van der Waals surface area contributed by atoms with Gasteiger partial charge in [0.2, 0.25) is 11.8 Å². The third-order valence-corrected chi connectivity index (χ3v) is 6.14. The Morgan fingerprint density at radius 3 is 2.62 bits per heavy atom. The molecule has 3 aromatic heterocycles. The van der Waals surface area contributed by atoms with Crippen LogP contribution in [0.4, 0.5) is 5.95 Å². The molecular formula is C25H22N6O3. The highest BCUT2D eigenvalue weighted by Gasteiger charge is 2.27. The summed E-state index contributed by atoms with van der Waals surface area (Å²) in [5.41, 5.74) is 2.19. The average molecular weight is 454 g/mol. The van der Waals surface area contributed by atoms with Crippen LogP contribution in [-0.4, -0.2) is 63.7 Å². The number of hydrogen-bond acceptors (Lipinski definition) is 7. The predicted octanol–water partition coefficient (Wildman–Crippen LogP) is 3.51. The van der Waals surface area contributed by atoms with Gasteiger partial charge in [-0.05, 0) is 42.5 Å². The topological polar surface area (TPSA) is 89.0 Å². The Hall–Kier alpha value is -4.40. The molecule has 34 heavy (non-hydrogen) atoms. The van der Waals surface area contributed by atoms with Gasteiger partial charge in [-0.1, -0.05) is 18.2 Å². The monoisotopic (exact) mass is 454 g/mol. The van der Waals surface area contributed by atoms with Gasteiger partial charge >= 0.3 is 0 Å². The zero-order valence-electron chi connectivity index (χ0n) is 18.6. The van der Waals surface area contributed by atoms with E-state index in [4.69, 9.17) is 14.1 Å². The third kappa shape index (κ3) is 3.33. The van der Waals surface area contributed by atoms with Crippen molar-refractivity contribution in [3.05, 3.63) is 72.5 Å². The quantitative estimate of drug-likeness (QED) is 0.411. The number of anilines is 1. The maximum Gasteiger partial charge on any atom is 0.254 e. The Morgan fingerprint density at radius 1 is 0.971 bits per heavy atom. The molecule has 2 aromatic carbocycles. The molecule has 170 valence electrons. The van der Waals surface area contributed by atoms with Gasteiger partial charge in [0, 0.05) is 37.1 Å². The van der Waals surface area contributed by atoms with E-state index in [0.29, 0.717) is 49.1 Å². The molecule has 1 aliphatic heterocycles. The summed E-state index contributed by atoms with van der Waals surface area (Å²) in [6.07, 6.45) is 1.62. The molecule has 0 atom stereocenters. The van der Waals surface area contributed by atoms with Crippen molar-refractivity contribution >= 4 is 28.4 Å². The van der Waals surface area contributed by atoms with Crippen LogP contribution >= 0.6 is 0 Å². The number of hydrogen-bond donors (Lipinski definition) is 0. The normalized spacial score (nSPS) is 14.1. The van der Waals surface area contributed by atoms with E-state index in [2.05, 4.69) is 15.1 Å². The summed E-state index contributed by atoms with van der Waals surface area (Å²) in [7, 11) is 1.60. The van der Waals surface area contributed by atoms with Gasteiger partial charge in [0.1, 0.15) is 5.75 Å². The Morgan fingerprint density at radius 2 is 1.82 bits per heavy atom. The molecule has 9 heteroatoms. The van der Waals surface area contributed by atoms with Crippen LogP contribution in [0.25, 0.3) is 28.1 Å². The Balaban J connectivity index is 1.34. The van der Waals surface area contributed by atoms with Crippen molar-refractivity contribution in [1.29, 1.82) is 0 Å². The lowest BCUT2D eigenvalue weighted by molar-refractivity contribution is 0.0746. The summed E-state index contributed by atoms with van der Waals surface area (Å²) in [5.74, 6) is 2.63. The summed E-state index contributed by atoms with van der Waals surface area (Å²) < 4.78 is 12.8. The lowest BCUT2D eigenvalue weighted by Crippen LogP contribution is -2.49. The van der Waals surface area contributed by atoms with Crippen LogP contribution in [0.3, 0.4) is 0 Å². The zero-order chi connectivity index (χ0) is 23.1. The fourth-order valence-electron chi connectivity index (χ4n) is 4.39. The number of benzene rings is 2. The molecule has 4 heterocycles. The van der Waals surface area contributed by atoms with Crippen LogP contribution in [0.15, 0.2) is 71.3 Å². The zero-order valence-corrected chi connectivity index (χ0v) is 18.6. The Labute approximate surface area is 195 Å². The van der Waals surface area contributed by atoms with Crippen molar-refractivity contribution in [2.75, 3.05) is 38.2 Å². The molecule has 0 unspecified atom stereocenters. The number of amides is 1. The van der Waals surface area contributed by atoms with Crippen LogP contribution in [0.1, 0.15) is 10.4 Å². The van der Waals surface area contributed by atoms with Crippen molar-refractivity contribution in [1.82, 2.24) is 24.5 Å². The second-order valence-corrected chi connectivity index (χ2v) is 8.10. The van der Waals surface area contributed by atoms with Crippen molar-refractivity contribution in [3.8, 4) is 17.3 Å². The number of rotatable bonds is 4. The van der Waals surface area contributed by atoms with E-state index in [0.717, 1.165) is 22.5 Å². The number of ether oxygens (including phenoxy) is 1. The lowest BCUT2D eigenvalue weighted by atomic mass is 10.1. The highest BCUT2D eigenvalue weighted by molar-refractivity contribution is 5.95. The number of piperazine rings is 1. The SMILES string of the molecule is COc1cccc(C(=O)N2CCN(c3nc4ccccc4c4nnc(-c5ccco5)n34)CC2)c1. The van der Waals surface area contributed by atoms with Gasteiger partial charge in [-0.2, -0.15) is 0 Å². The third-order valence-electron chi connectivity index (χ3n) is 6.14. The molecule has 1 aliphatic rings. The van der Waals surface area contributed by atoms with Crippen LogP contribution in [0.2, 0.25) is 0 Å². The first-order valence-electron chi connectivity index (χ1n) is 11.1. The van der Waals surface area contributed by atoms with E-state index in [1.165, 1.54) is 0 Å². The molecule has 1 fully saturated rings. The summed E-state index contributed by atoms with van der Waals surface area (Å²) in [6.45, 7) is 2.41. The predicted molar refractivity (Wildman–Crippen MR) is 127 cm³/mol. The number of carbonyl (C=O) groups excluding carboxylic acids is 1. The number of furan rings is 1. The lowest BCUT2D eigenvalue weighted by Gasteiger charge is -2.35. The molecule has 1 amide bonds. The van der Waals surface area contributed by atoms with Gasteiger partial charge in [0.25, 0.3) is 5.91 Å². The molecule has 0 spiro atoms. The van der Waals surface area contributed by atoms with Crippen LogP contribution in [-0.2, 0) is 0 Å². The van der Waals surface area contributed by atoms with Crippen molar-refractivity contribution in [3.63, 3.8) is 0 Å². The molecule has 0 bridgehead atoms. The fraction of sp³-hybridized carbons (Fsp3) is 0.200. The van der Waals surface area contributed by atoms with Gasteiger partial charge in [-0.25, -0.2) is 9.38 Å². The number of aromatic nitrogens is 4. The minimum absolute atomic E-state index is 0.00394.